The van der Waals surface area contributed by atoms with Gasteiger partial charge in [-0.3, -0.25) is 9.67 Å². The topological polar surface area (TPSA) is 79.1 Å². The number of benzene rings is 2. The Labute approximate surface area is 187 Å². The van der Waals surface area contributed by atoms with Crippen LogP contribution in [0.3, 0.4) is 0 Å². The van der Waals surface area contributed by atoms with Crippen molar-refractivity contribution in [1.29, 1.82) is 0 Å². The number of nitrogens with zero attached hydrogens (tertiary/aromatic N) is 5. The summed E-state index contributed by atoms with van der Waals surface area (Å²) >= 11 is 0. The second-order valence-electron chi connectivity index (χ2n) is 9.29. The van der Waals surface area contributed by atoms with E-state index in [1.54, 1.807) is 10.9 Å². The summed E-state index contributed by atoms with van der Waals surface area (Å²) in [6, 6.07) is 9.56. The van der Waals surface area contributed by atoms with Crippen LogP contribution in [-0.4, -0.2) is 50.0 Å². The van der Waals surface area contributed by atoms with E-state index < -0.39 is 0 Å². The molecular weight excluding hydrogens is 400 g/mol. The summed E-state index contributed by atoms with van der Waals surface area (Å²) in [5.41, 5.74) is 5.83. The number of hydrogen-bond donors (Lipinski definition) is 2. The molecule has 7 heteroatoms. The van der Waals surface area contributed by atoms with E-state index in [0.717, 1.165) is 46.6 Å². The van der Waals surface area contributed by atoms with Crippen LogP contribution in [0.25, 0.3) is 33.2 Å². The molecule has 2 aliphatic rings. The number of aromatic hydroxyl groups is 1. The maximum atomic E-state index is 10.8. The van der Waals surface area contributed by atoms with Gasteiger partial charge in [-0.15, -0.1) is 0 Å². The summed E-state index contributed by atoms with van der Waals surface area (Å²) in [5, 5.41) is 20.0. The fourth-order valence-electron chi connectivity index (χ4n) is 5.00. The second kappa shape index (κ2) is 7.45. The molecule has 1 aliphatic carbocycles. The van der Waals surface area contributed by atoms with Crippen LogP contribution < -0.4 is 10.2 Å². The van der Waals surface area contributed by atoms with Gasteiger partial charge in [0.05, 0.1) is 28.4 Å². The molecule has 1 aliphatic heterocycles. The summed E-state index contributed by atoms with van der Waals surface area (Å²) < 4.78 is 1.76. The Morgan fingerprint density at radius 3 is 2.78 bits per heavy atom. The minimum absolute atomic E-state index is 0.212. The minimum Gasteiger partial charge on any atom is -0.507 e. The summed E-state index contributed by atoms with van der Waals surface area (Å²) in [6.45, 7) is 4.00. The van der Waals surface area contributed by atoms with Crippen molar-refractivity contribution in [1.82, 2.24) is 25.1 Å². The highest BCUT2D eigenvalue weighted by Gasteiger charge is 2.27. The van der Waals surface area contributed by atoms with E-state index in [1.165, 1.54) is 31.4 Å². The molecule has 0 bridgehead atoms. The maximum Gasteiger partial charge on any atom is 0.130 e. The predicted octanol–water partition coefficient (Wildman–Crippen LogP) is 3.92. The third-order valence-corrected chi connectivity index (χ3v) is 7.05. The lowest BCUT2D eigenvalue weighted by Gasteiger charge is -2.30. The van der Waals surface area contributed by atoms with Crippen molar-refractivity contribution in [3.63, 3.8) is 0 Å². The first-order chi connectivity index (χ1) is 15.5. The molecule has 2 N–H and O–H groups in total. The van der Waals surface area contributed by atoms with E-state index in [-0.39, 0.29) is 5.75 Å². The van der Waals surface area contributed by atoms with Crippen LogP contribution in [0.1, 0.15) is 31.2 Å². The van der Waals surface area contributed by atoms with Crippen LogP contribution in [-0.2, 0) is 7.05 Å². The molecule has 2 aromatic carbocycles. The van der Waals surface area contributed by atoms with Gasteiger partial charge in [-0.05, 0) is 50.5 Å². The van der Waals surface area contributed by atoms with Gasteiger partial charge in [0.25, 0.3) is 0 Å². The second-order valence-corrected chi connectivity index (χ2v) is 9.29. The molecule has 32 heavy (non-hydrogen) atoms. The van der Waals surface area contributed by atoms with Crippen LogP contribution in [0.2, 0.25) is 0 Å². The van der Waals surface area contributed by atoms with Crippen molar-refractivity contribution in [2.75, 3.05) is 18.0 Å². The molecule has 1 saturated heterocycles. The number of phenols is 1. The fourth-order valence-corrected chi connectivity index (χ4v) is 5.00. The van der Waals surface area contributed by atoms with Crippen molar-refractivity contribution in [3.05, 3.63) is 42.2 Å². The van der Waals surface area contributed by atoms with Gasteiger partial charge in [0.15, 0.2) is 0 Å². The lowest BCUT2D eigenvalue weighted by Crippen LogP contribution is -2.43. The molecule has 7 nitrogen and oxygen atoms in total. The average Bonchev–Trinajstić information content (AvgIpc) is 3.39. The number of rotatable bonds is 4. The number of nitrogens with one attached hydrogen (secondary N) is 1. The summed E-state index contributed by atoms with van der Waals surface area (Å²) in [5.74, 6) is 0.212. The largest absolute Gasteiger partial charge is 0.507 e. The minimum atomic E-state index is 0.212. The highest BCUT2D eigenvalue weighted by atomic mass is 16.3. The zero-order valence-electron chi connectivity index (χ0n) is 18.5. The lowest BCUT2D eigenvalue weighted by atomic mass is 9.92. The normalized spacial score (nSPS) is 19.2. The molecule has 0 amide bonds. The van der Waals surface area contributed by atoms with Gasteiger partial charge in [-0.2, -0.15) is 5.10 Å². The lowest BCUT2D eigenvalue weighted by molar-refractivity contribution is 0.311. The first-order valence-electron chi connectivity index (χ1n) is 11.5. The van der Waals surface area contributed by atoms with Crippen molar-refractivity contribution in [2.24, 2.45) is 7.05 Å². The Bertz CT molecular complexity index is 1330. The first kappa shape index (κ1) is 19.5. The molecular formula is C25H28N6O. The molecule has 4 aromatic rings. The Morgan fingerprint density at radius 2 is 1.97 bits per heavy atom. The molecule has 0 radical (unpaired) electrons. The quantitative estimate of drug-likeness (QED) is 0.513. The van der Waals surface area contributed by atoms with Gasteiger partial charge in [0, 0.05) is 60.6 Å². The highest BCUT2D eigenvalue weighted by molar-refractivity contribution is 5.91. The van der Waals surface area contributed by atoms with E-state index in [1.807, 2.05) is 32.3 Å². The summed E-state index contributed by atoms with van der Waals surface area (Å²) in [7, 11) is 1.88. The van der Waals surface area contributed by atoms with Gasteiger partial charge >= 0.3 is 0 Å². The van der Waals surface area contributed by atoms with E-state index >= 15 is 0 Å². The van der Waals surface area contributed by atoms with E-state index in [4.69, 9.17) is 9.97 Å². The Balaban J connectivity index is 1.29. The standard InChI is InChI=1S/C25H28N6O/c1-15-24-16(13-30(2)29-24)10-20(25(15)32)23-12-26-22-11-19(6-7-21(22)28-23)31-9-8-18(14-31)27-17-4-3-5-17/h6-7,10-13,17-18,27,32H,3-5,8-9,14H2,1-2H3/t18-/m0/s1. The van der Waals surface area contributed by atoms with E-state index in [0.29, 0.717) is 17.3 Å². The van der Waals surface area contributed by atoms with Crippen LogP contribution in [0, 0.1) is 6.92 Å². The predicted molar refractivity (Wildman–Crippen MR) is 127 cm³/mol. The van der Waals surface area contributed by atoms with Crippen molar-refractivity contribution >= 4 is 27.6 Å². The zero-order chi connectivity index (χ0) is 21.8. The third kappa shape index (κ3) is 3.28. The number of phenolic OH excluding ortho intramolecular Hbond substituents is 1. The molecule has 3 heterocycles. The van der Waals surface area contributed by atoms with Crippen LogP contribution >= 0.6 is 0 Å². The smallest absolute Gasteiger partial charge is 0.130 e. The van der Waals surface area contributed by atoms with Crippen LogP contribution in [0.15, 0.2) is 36.7 Å². The number of aromatic nitrogens is 4. The maximum absolute atomic E-state index is 10.8. The SMILES string of the molecule is Cc1c(O)c(-c2cnc3cc(N4CC[C@H](NC5CCC5)C4)ccc3n2)cc2cn(C)nc12. The summed E-state index contributed by atoms with van der Waals surface area (Å²) in [6.07, 6.45) is 8.92. The van der Waals surface area contributed by atoms with Crippen LogP contribution in [0.5, 0.6) is 5.75 Å². The summed E-state index contributed by atoms with van der Waals surface area (Å²) in [4.78, 5) is 12.0. The molecule has 2 fully saturated rings. The van der Waals surface area contributed by atoms with Gasteiger partial charge in [0.1, 0.15) is 5.75 Å². The molecule has 0 spiro atoms. The monoisotopic (exact) mass is 428 g/mol. The Hall–Kier alpha value is -3.19. The van der Waals surface area contributed by atoms with Gasteiger partial charge in [0.2, 0.25) is 0 Å². The number of aryl methyl sites for hydroxylation is 2. The number of fused-ring (bicyclic) bond motifs is 2. The van der Waals surface area contributed by atoms with E-state index in [2.05, 4.69) is 27.4 Å². The molecule has 6 rings (SSSR count). The van der Waals surface area contributed by atoms with Crippen molar-refractivity contribution < 1.29 is 5.11 Å². The number of anilines is 1. The molecule has 1 saturated carbocycles. The Morgan fingerprint density at radius 1 is 1.09 bits per heavy atom. The third-order valence-electron chi connectivity index (χ3n) is 7.05. The molecule has 1 atom stereocenters. The molecule has 164 valence electrons. The number of hydrogen-bond acceptors (Lipinski definition) is 6. The van der Waals surface area contributed by atoms with Crippen molar-refractivity contribution in [3.8, 4) is 17.0 Å². The molecule has 2 aromatic heterocycles. The molecule has 0 unspecified atom stereocenters. The fraction of sp³-hybridized carbons (Fsp3) is 0.400. The van der Waals surface area contributed by atoms with Crippen LogP contribution in [0.4, 0.5) is 5.69 Å². The van der Waals surface area contributed by atoms with Gasteiger partial charge in [-0.25, -0.2) is 4.98 Å². The Kier molecular flexibility index (Phi) is 4.54. The average molecular weight is 429 g/mol. The van der Waals surface area contributed by atoms with E-state index in [9.17, 15) is 5.11 Å². The first-order valence-corrected chi connectivity index (χ1v) is 11.5. The van der Waals surface area contributed by atoms with Gasteiger partial charge < -0.3 is 15.3 Å². The highest BCUT2D eigenvalue weighted by Crippen LogP contribution is 2.36. The zero-order valence-corrected chi connectivity index (χ0v) is 18.5. The van der Waals surface area contributed by atoms with Gasteiger partial charge in [-0.1, -0.05) is 6.42 Å². The van der Waals surface area contributed by atoms with Crippen molar-refractivity contribution in [2.45, 2.75) is 44.7 Å².